The number of aromatic nitrogens is 1. The number of halogens is 1. The molecule has 0 amide bonds. The van der Waals surface area contributed by atoms with E-state index in [4.69, 9.17) is 5.11 Å². The Bertz CT molecular complexity index is 522. The predicted octanol–water partition coefficient (Wildman–Crippen LogP) is 1.08. The Labute approximate surface area is 82.8 Å². The van der Waals surface area contributed by atoms with Gasteiger partial charge in [-0.25, -0.2) is 4.79 Å². The summed E-state index contributed by atoms with van der Waals surface area (Å²) in [5.74, 6) is -1.43. The number of aliphatic hydroxyl groups excluding tert-OH is 1. The molecule has 15 heavy (non-hydrogen) atoms. The third-order valence-electron chi connectivity index (χ3n) is 1.95. The van der Waals surface area contributed by atoms with Crippen LogP contribution in [0.25, 0.3) is 11.1 Å². The number of aliphatic hydroxyl groups is 1. The normalized spacial score (nSPS) is 12.9. The van der Waals surface area contributed by atoms with E-state index in [-0.39, 0.29) is 16.7 Å². The molecule has 0 saturated carbocycles. The Morgan fingerprint density at radius 1 is 1.53 bits per heavy atom. The van der Waals surface area contributed by atoms with E-state index >= 15 is 0 Å². The van der Waals surface area contributed by atoms with Crippen LogP contribution in [0, 0.1) is 6.14 Å². The molecular formula is C9H6FNO4. The van der Waals surface area contributed by atoms with Crippen LogP contribution in [0.1, 0.15) is 11.7 Å². The van der Waals surface area contributed by atoms with Crippen molar-refractivity contribution < 1.29 is 23.8 Å². The van der Waals surface area contributed by atoms with Gasteiger partial charge in [0.05, 0.1) is 0 Å². The largest absolute Gasteiger partial charge is 0.479 e. The maximum absolute atomic E-state index is 12.7. The van der Waals surface area contributed by atoms with Crippen LogP contribution in [0.3, 0.4) is 0 Å². The first kappa shape index (κ1) is 9.60. The number of carbonyl (C=O) groups is 1. The Balaban J connectivity index is 2.64. The van der Waals surface area contributed by atoms with Crippen molar-refractivity contribution in [3.63, 3.8) is 0 Å². The lowest BCUT2D eigenvalue weighted by Crippen LogP contribution is -2.10. The lowest BCUT2D eigenvalue weighted by Gasteiger charge is -2.04. The molecule has 5 nitrogen and oxygen atoms in total. The number of oxazole rings is 1. The molecule has 0 spiro atoms. The topological polar surface area (TPSA) is 83.6 Å². The number of para-hydroxylation sites is 1. The fourth-order valence-electron chi connectivity index (χ4n) is 1.29. The zero-order valence-corrected chi connectivity index (χ0v) is 7.35. The summed E-state index contributed by atoms with van der Waals surface area (Å²) in [4.78, 5) is 13.9. The minimum Gasteiger partial charge on any atom is -0.479 e. The molecule has 6 heteroatoms. The van der Waals surface area contributed by atoms with Gasteiger partial charge in [-0.1, -0.05) is 12.1 Å². The van der Waals surface area contributed by atoms with Gasteiger partial charge in [0.1, 0.15) is 5.52 Å². The standard InChI is InChI=1S/C9H6FNO4/c10-9-11-5-3-1-2-4(7(5)15-9)6(12)8(13)14/h1-3,6,12H,(H,13,14). The van der Waals surface area contributed by atoms with Crippen LogP contribution in [0.2, 0.25) is 0 Å². The van der Waals surface area contributed by atoms with Gasteiger partial charge >= 0.3 is 12.1 Å². The number of carboxylic acids is 1. The number of fused-ring (bicyclic) bond motifs is 1. The van der Waals surface area contributed by atoms with Crippen molar-refractivity contribution in [2.45, 2.75) is 6.10 Å². The molecule has 1 aromatic carbocycles. The molecular weight excluding hydrogens is 205 g/mol. The summed E-state index contributed by atoms with van der Waals surface area (Å²) >= 11 is 0. The fourth-order valence-corrected chi connectivity index (χ4v) is 1.29. The van der Waals surface area contributed by atoms with Crippen LogP contribution in [-0.2, 0) is 4.79 Å². The van der Waals surface area contributed by atoms with E-state index in [0.717, 1.165) is 0 Å². The summed E-state index contributed by atoms with van der Waals surface area (Å²) in [6, 6.07) is 4.26. The van der Waals surface area contributed by atoms with Gasteiger partial charge in [0.25, 0.3) is 0 Å². The van der Waals surface area contributed by atoms with Crippen molar-refractivity contribution in [3.05, 3.63) is 29.9 Å². The average molecular weight is 211 g/mol. The third kappa shape index (κ3) is 1.55. The summed E-state index contributed by atoms with van der Waals surface area (Å²) in [7, 11) is 0. The molecule has 1 unspecified atom stereocenters. The zero-order chi connectivity index (χ0) is 11.0. The van der Waals surface area contributed by atoms with Crippen LogP contribution in [0.4, 0.5) is 4.39 Å². The molecule has 2 N–H and O–H groups in total. The maximum Gasteiger partial charge on any atom is 0.382 e. The van der Waals surface area contributed by atoms with Crippen molar-refractivity contribution in [1.29, 1.82) is 0 Å². The van der Waals surface area contributed by atoms with Gasteiger partial charge in [0.15, 0.2) is 11.7 Å². The smallest absolute Gasteiger partial charge is 0.382 e. The lowest BCUT2D eigenvalue weighted by atomic mass is 10.1. The van der Waals surface area contributed by atoms with Crippen molar-refractivity contribution in [2.24, 2.45) is 0 Å². The third-order valence-corrected chi connectivity index (χ3v) is 1.95. The number of carboxylic acid groups (broad SMARTS) is 1. The van der Waals surface area contributed by atoms with Gasteiger partial charge in [0, 0.05) is 5.56 Å². The maximum atomic E-state index is 12.7. The SMILES string of the molecule is O=C(O)C(O)c1cccc2nc(F)oc12. The number of benzene rings is 1. The molecule has 2 rings (SSSR count). The molecule has 0 saturated heterocycles. The van der Waals surface area contributed by atoms with Gasteiger partial charge in [0.2, 0.25) is 0 Å². The van der Waals surface area contributed by atoms with Crippen molar-refractivity contribution in [3.8, 4) is 0 Å². The van der Waals surface area contributed by atoms with E-state index in [1.165, 1.54) is 18.2 Å². The Morgan fingerprint density at radius 2 is 2.27 bits per heavy atom. The first-order valence-corrected chi connectivity index (χ1v) is 4.05. The molecule has 1 aromatic heterocycles. The number of hydrogen-bond donors (Lipinski definition) is 2. The van der Waals surface area contributed by atoms with Crippen molar-refractivity contribution in [1.82, 2.24) is 4.98 Å². The van der Waals surface area contributed by atoms with E-state index in [9.17, 15) is 14.3 Å². The second-order valence-electron chi connectivity index (χ2n) is 2.90. The second-order valence-corrected chi connectivity index (χ2v) is 2.90. The molecule has 1 atom stereocenters. The van der Waals surface area contributed by atoms with E-state index in [1.807, 2.05) is 0 Å². The summed E-state index contributed by atoms with van der Waals surface area (Å²) in [6.45, 7) is 0. The van der Waals surface area contributed by atoms with Crippen LogP contribution in [0.5, 0.6) is 0 Å². The summed E-state index contributed by atoms with van der Waals surface area (Å²) in [5.41, 5.74) is 0.103. The van der Waals surface area contributed by atoms with Gasteiger partial charge in [-0.3, -0.25) is 0 Å². The Kier molecular flexibility index (Phi) is 2.12. The van der Waals surface area contributed by atoms with Crippen LogP contribution < -0.4 is 0 Å². The quantitative estimate of drug-likeness (QED) is 0.776. The molecule has 2 aromatic rings. The molecule has 0 aliphatic carbocycles. The van der Waals surface area contributed by atoms with E-state index in [0.29, 0.717) is 0 Å². The van der Waals surface area contributed by atoms with Crippen LogP contribution in [0.15, 0.2) is 22.6 Å². The van der Waals surface area contributed by atoms with E-state index < -0.39 is 18.2 Å². The highest BCUT2D eigenvalue weighted by molar-refractivity contribution is 5.83. The minimum atomic E-state index is -1.75. The first-order chi connectivity index (χ1) is 7.09. The molecule has 0 aliphatic rings. The van der Waals surface area contributed by atoms with Gasteiger partial charge in [-0.15, -0.1) is 4.39 Å². The highest BCUT2D eigenvalue weighted by atomic mass is 19.1. The minimum absolute atomic E-state index is 0.0172. The molecule has 78 valence electrons. The monoisotopic (exact) mass is 211 g/mol. The van der Waals surface area contributed by atoms with E-state index in [2.05, 4.69) is 9.40 Å². The number of aliphatic carboxylic acids is 1. The summed E-state index contributed by atoms with van der Waals surface area (Å²) in [6.07, 6.45) is -2.81. The molecule has 0 bridgehead atoms. The van der Waals surface area contributed by atoms with Crippen LogP contribution in [-0.4, -0.2) is 21.2 Å². The van der Waals surface area contributed by atoms with Crippen molar-refractivity contribution >= 4 is 17.1 Å². The number of rotatable bonds is 2. The van der Waals surface area contributed by atoms with E-state index in [1.54, 1.807) is 0 Å². The second kappa shape index (κ2) is 3.32. The zero-order valence-electron chi connectivity index (χ0n) is 7.35. The molecule has 1 heterocycles. The highest BCUT2D eigenvalue weighted by Crippen LogP contribution is 2.24. The highest BCUT2D eigenvalue weighted by Gasteiger charge is 2.21. The first-order valence-electron chi connectivity index (χ1n) is 4.05. The predicted molar refractivity (Wildman–Crippen MR) is 46.6 cm³/mol. The Hall–Kier alpha value is -1.95. The van der Waals surface area contributed by atoms with Gasteiger partial charge < -0.3 is 14.6 Å². The average Bonchev–Trinajstić information content (AvgIpc) is 2.56. The summed E-state index contributed by atoms with van der Waals surface area (Å²) in [5, 5.41) is 17.9. The Morgan fingerprint density at radius 3 is 2.93 bits per heavy atom. The molecule has 0 aliphatic heterocycles. The van der Waals surface area contributed by atoms with Crippen LogP contribution >= 0.6 is 0 Å². The van der Waals surface area contributed by atoms with Gasteiger partial charge in [-0.05, 0) is 6.07 Å². The number of hydrogen-bond acceptors (Lipinski definition) is 4. The molecule has 0 radical (unpaired) electrons. The van der Waals surface area contributed by atoms with Crippen molar-refractivity contribution in [2.75, 3.05) is 0 Å². The van der Waals surface area contributed by atoms with Gasteiger partial charge in [-0.2, -0.15) is 4.98 Å². The fraction of sp³-hybridized carbons (Fsp3) is 0.111. The lowest BCUT2D eigenvalue weighted by molar-refractivity contribution is -0.146. The number of nitrogens with zero attached hydrogens (tertiary/aromatic N) is 1. The summed E-state index contributed by atoms with van der Waals surface area (Å²) < 4.78 is 17.2. The molecule has 0 fully saturated rings.